The van der Waals surface area contributed by atoms with Crippen LogP contribution < -0.4 is 15.6 Å². The van der Waals surface area contributed by atoms with Crippen LogP contribution >= 0.6 is 11.3 Å². The van der Waals surface area contributed by atoms with Crippen molar-refractivity contribution in [1.29, 1.82) is 0 Å². The summed E-state index contributed by atoms with van der Waals surface area (Å²) >= 11 is 1.62. The van der Waals surface area contributed by atoms with E-state index in [1.54, 1.807) is 11.3 Å². The number of fused-ring (bicyclic) bond motifs is 1. The molecule has 2 aromatic carbocycles. The first-order valence-corrected chi connectivity index (χ1v) is 13.3. The minimum atomic E-state index is -0.0659. The minimum Gasteiger partial charge on any atom is -0.324 e. The van der Waals surface area contributed by atoms with Gasteiger partial charge in [-0.25, -0.2) is 14.8 Å². The molecule has 1 atom stereocenters. The van der Waals surface area contributed by atoms with Crippen molar-refractivity contribution in [1.82, 2.24) is 19.8 Å². The SMILES string of the molecule is CN1CCN(C(=O)Nc2ccc(Nc3nc(N4N=CCC4c4ccccc4)c4sccc4n3)cc2)CC1. The molecule has 0 spiro atoms. The average Bonchev–Trinajstić information content (AvgIpc) is 3.60. The smallest absolute Gasteiger partial charge is 0.321 e. The number of carbonyl (C=O) groups is 1. The monoisotopic (exact) mass is 512 g/mol. The van der Waals surface area contributed by atoms with Crippen LogP contribution in [0.5, 0.6) is 0 Å². The number of benzene rings is 2. The number of likely N-dealkylation sites (N-methyl/N-ethyl adjacent to an activating group) is 1. The molecule has 188 valence electrons. The maximum Gasteiger partial charge on any atom is 0.321 e. The Bertz CT molecular complexity index is 1410. The first-order chi connectivity index (χ1) is 18.1. The van der Waals surface area contributed by atoms with Crippen molar-refractivity contribution in [3.05, 3.63) is 71.6 Å². The Hall–Kier alpha value is -4.02. The summed E-state index contributed by atoms with van der Waals surface area (Å²) in [5, 5.41) is 15.0. The number of piperazine rings is 1. The molecule has 37 heavy (non-hydrogen) atoms. The van der Waals surface area contributed by atoms with Crippen LogP contribution in [0.4, 0.5) is 27.9 Å². The van der Waals surface area contributed by atoms with Crippen LogP contribution in [0.2, 0.25) is 0 Å². The lowest BCUT2D eigenvalue weighted by molar-refractivity contribution is 0.164. The highest BCUT2D eigenvalue weighted by molar-refractivity contribution is 7.17. The van der Waals surface area contributed by atoms with E-state index in [0.717, 1.165) is 60.0 Å². The number of nitrogens with zero attached hydrogens (tertiary/aromatic N) is 6. The predicted octanol–water partition coefficient (Wildman–Crippen LogP) is 5.15. The molecule has 2 amide bonds. The van der Waals surface area contributed by atoms with E-state index in [4.69, 9.17) is 9.97 Å². The molecule has 0 aliphatic carbocycles. The summed E-state index contributed by atoms with van der Waals surface area (Å²) in [4.78, 5) is 26.3. The Kier molecular flexibility index (Phi) is 6.42. The Morgan fingerprint density at radius 1 is 0.946 bits per heavy atom. The summed E-state index contributed by atoms with van der Waals surface area (Å²) < 4.78 is 1.01. The van der Waals surface area contributed by atoms with Gasteiger partial charge in [0.25, 0.3) is 0 Å². The number of aromatic nitrogens is 2. The van der Waals surface area contributed by atoms with Crippen molar-refractivity contribution in [2.75, 3.05) is 48.9 Å². The molecule has 1 fully saturated rings. The van der Waals surface area contributed by atoms with Crippen LogP contribution in [0, 0.1) is 0 Å². The number of rotatable bonds is 5. The summed E-state index contributed by atoms with van der Waals surface area (Å²) in [6, 6.07) is 20.0. The van der Waals surface area contributed by atoms with E-state index in [9.17, 15) is 4.79 Å². The molecule has 4 aromatic rings. The molecule has 2 aliphatic rings. The number of hydrogen-bond donors (Lipinski definition) is 2. The molecule has 0 radical (unpaired) electrons. The first-order valence-electron chi connectivity index (χ1n) is 12.4. The molecule has 2 aliphatic heterocycles. The largest absolute Gasteiger partial charge is 0.324 e. The fourth-order valence-electron chi connectivity index (χ4n) is 4.61. The van der Waals surface area contributed by atoms with Crippen LogP contribution in [-0.2, 0) is 0 Å². The number of carbonyl (C=O) groups excluding carboxylic acids is 1. The van der Waals surface area contributed by atoms with Crippen LogP contribution in [0.15, 0.2) is 71.1 Å². The third-order valence-corrected chi connectivity index (χ3v) is 7.60. The highest BCUT2D eigenvalue weighted by Gasteiger charge is 2.28. The summed E-state index contributed by atoms with van der Waals surface area (Å²) in [6.07, 6.45) is 2.77. The van der Waals surface area contributed by atoms with Gasteiger partial charge in [-0.3, -0.25) is 0 Å². The molecule has 6 rings (SSSR count). The van der Waals surface area contributed by atoms with Crippen LogP contribution in [0.25, 0.3) is 10.2 Å². The van der Waals surface area contributed by atoms with Gasteiger partial charge in [0.1, 0.15) is 0 Å². The number of urea groups is 1. The van der Waals surface area contributed by atoms with Gasteiger partial charge in [-0.2, -0.15) is 10.1 Å². The molecule has 4 heterocycles. The van der Waals surface area contributed by atoms with E-state index in [0.29, 0.717) is 5.95 Å². The van der Waals surface area contributed by atoms with Gasteiger partial charge >= 0.3 is 6.03 Å². The van der Waals surface area contributed by atoms with Gasteiger partial charge in [-0.05, 0) is 48.3 Å². The van der Waals surface area contributed by atoms with Crippen LogP contribution in [-0.4, -0.2) is 65.2 Å². The normalized spacial score (nSPS) is 17.9. The minimum absolute atomic E-state index is 0.0659. The van der Waals surface area contributed by atoms with Crippen molar-refractivity contribution >= 4 is 56.9 Å². The molecule has 2 N–H and O–H groups in total. The van der Waals surface area contributed by atoms with E-state index in [-0.39, 0.29) is 12.1 Å². The molecular formula is C27H28N8OS. The summed E-state index contributed by atoms with van der Waals surface area (Å²) in [5.41, 5.74) is 3.67. The van der Waals surface area contributed by atoms with Crippen molar-refractivity contribution in [3.63, 3.8) is 0 Å². The van der Waals surface area contributed by atoms with Gasteiger partial charge in [-0.1, -0.05) is 30.3 Å². The van der Waals surface area contributed by atoms with E-state index >= 15 is 0 Å². The highest BCUT2D eigenvalue weighted by Crippen LogP contribution is 2.38. The van der Waals surface area contributed by atoms with Gasteiger partial charge in [0.15, 0.2) is 5.82 Å². The van der Waals surface area contributed by atoms with E-state index in [1.165, 1.54) is 5.56 Å². The van der Waals surface area contributed by atoms with E-state index < -0.39 is 0 Å². The van der Waals surface area contributed by atoms with Gasteiger partial charge < -0.3 is 20.4 Å². The molecule has 1 saturated heterocycles. The zero-order valence-electron chi connectivity index (χ0n) is 20.5. The molecule has 0 saturated carbocycles. The number of thiophene rings is 1. The van der Waals surface area contributed by atoms with Crippen molar-refractivity contribution < 1.29 is 4.79 Å². The topological polar surface area (TPSA) is 89.0 Å². The second kappa shape index (κ2) is 10.2. The number of nitrogens with one attached hydrogen (secondary N) is 2. The van der Waals surface area contributed by atoms with E-state index in [2.05, 4.69) is 51.9 Å². The van der Waals surface area contributed by atoms with Gasteiger partial charge in [0.2, 0.25) is 5.95 Å². The third-order valence-electron chi connectivity index (χ3n) is 6.70. The van der Waals surface area contributed by atoms with Gasteiger partial charge in [0.05, 0.1) is 16.3 Å². The quantitative estimate of drug-likeness (QED) is 0.384. The fraction of sp³-hybridized carbons (Fsp3) is 0.259. The van der Waals surface area contributed by atoms with E-state index in [1.807, 2.05) is 57.9 Å². The first kappa shape index (κ1) is 23.4. The standard InChI is InChI=1S/C27H28N8OS/c1-33-14-16-34(17-15-33)27(36)30-21-9-7-20(8-10-21)29-26-31-22-12-18-37-24(22)25(32-26)35-23(11-13-28-35)19-5-3-2-4-6-19/h2-10,12-13,18,23H,11,14-17H2,1H3,(H,30,36)(H,29,31,32). The lowest BCUT2D eigenvalue weighted by Gasteiger charge is -2.32. The van der Waals surface area contributed by atoms with Crippen molar-refractivity contribution in [2.24, 2.45) is 5.10 Å². The maximum atomic E-state index is 12.6. The van der Waals surface area contributed by atoms with Crippen molar-refractivity contribution in [2.45, 2.75) is 12.5 Å². The molecular weight excluding hydrogens is 484 g/mol. The number of hydrogen-bond acceptors (Lipinski definition) is 8. The van der Waals surface area contributed by atoms with Crippen LogP contribution in [0.3, 0.4) is 0 Å². The lowest BCUT2D eigenvalue weighted by Crippen LogP contribution is -2.48. The Morgan fingerprint density at radius 3 is 2.49 bits per heavy atom. The summed E-state index contributed by atoms with van der Waals surface area (Å²) in [5.74, 6) is 1.30. The molecule has 1 unspecified atom stereocenters. The second-order valence-electron chi connectivity index (χ2n) is 9.23. The zero-order valence-corrected chi connectivity index (χ0v) is 21.4. The Balaban J connectivity index is 1.20. The Morgan fingerprint density at radius 2 is 1.70 bits per heavy atom. The maximum absolute atomic E-state index is 12.6. The number of amides is 2. The lowest BCUT2D eigenvalue weighted by atomic mass is 10.0. The third kappa shape index (κ3) is 4.98. The van der Waals surface area contributed by atoms with Gasteiger partial charge in [0, 0.05) is 50.2 Å². The summed E-state index contributed by atoms with van der Waals surface area (Å²) in [6.45, 7) is 3.25. The average molecular weight is 513 g/mol. The van der Waals surface area contributed by atoms with Gasteiger partial charge in [-0.15, -0.1) is 11.3 Å². The van der Waals surface area contributed by atoms with Crippen molar-refractivity contribution in [3.8, 4) is 0 Å². The highest BCUT2D eigenvalue weighted by atomic mass is 32.1. The number of anilines is 4. The fourth-order valence-corrected chi connectivity index (χ4v) is 5.42. The zero-order chi connectivity index (χ0) is 25.2. The molecule has 0 bridgehead atoms. The Labute approximate surface area is 219 Å². The predicted molar refractivity (Wildman–Crippen MR) is 150 cm³/mol. The summed E-state index contributed by atoms with van der Waals surface area (Å²) in [7, 11) is 2.07. The van der Waals surface area contributed by atoms with Crippen LogP contribution in [0.1, 0.15) is 18.0 Å². The molecule has 10 heteroatoms. The molecule has 9 nitrogen and oxygen atoms in total. The second-order valence-corrected chi connectivity index (χ2v) is 10.1. The number of hydrazone groups is 1. The molecule has 2 aromatic heterocycles.